The largest absolute Gasteiger partial charge is 0.380 e. The van der Waals surface area contributed by atoms with Crippen LogP contribution in [-0.2, 0) is 9.53 Å². The highest BCUT2D eigenvalue weighted by Gasteiger charge is 2.26. The number of amides is 1. The summed E-state index contributed by atoms with van der Waals surface area (Å²) in [5.41, 5.74) is 5.52. The molecular weight excluding hydrogens is 224 g/mol. The monoisotopic (exact) mass is 246 g/mol. The van der Waals surface area contributed by atoms with Crippen molar-refractivity contribution in [2.24, 2.45) is 5.73 Å². The highest BCUT2D eigenvalue weighted by atomic mass is 32.2. The molecular formula is C11H22N2O2S. The third kappa shape index (κ3) is 3.96. The summed E-state index contributed by atoms with van der Waals surface area (Å²) in [6, 6.07) is 0. The summed E-state index contributed by atoms with van der Waals surface area (Å²) in [5, 5.41) is 1.04. The summed E-state index contributed by atoms with van der Waals surface area (Å²) in [4.78, 5) is 13.9. The van der Waals surface area contributed by atoms with Crippen LogP contribution >= 0.6 is 11.8 Å². The molecule has 1 aliphatic rings. The molecule has 16 heavy (non-hydrogen) atoms. The first-order valence-corrected chi connectivity index (χ1v) is 6.67. The summed E-state index contributed by atoms with van der Waals surface area (Å²) >= 11 is 1.94. The van der Waals surface area contributed by atoms with E-state index in [1.54, 1.807) is 7.11 Å². The van der Waals surface area contributed by atoms with Gasteiger partial charge in [-0.05, 0) is 0 Å². The normalized spacial score (nSPS) is 27.9. The summed E-state index contributed by atoms with van der Waals surface area (Å²) in [6.45, 7) is 6.41. The molecule has 0 aromatic heterocycles. The number of rotatable bonds is 4. The number of nitrogens with zero attached hydrogens (tertiary/aromatic N) is 1. The van der Waals surface area contributed by atoms with E-state index in [9.17, 15) is 4.79 Å². The lowest BCUT2D eigenvalue weighted by Crippen LogP contribution is -2.45. The molecule has 5 heteroatoms. The zero-order valence-electron chi connectivity index (χ0n) is 10.3. The van der Waals surface area contributed by atoms with Gasteiger partial charge in [-0.1, -0.05) is 13.8 Å². The number of ether oxygens (including phenoxy) is 1. The van der Waals surface area contributed by atoms with Crippen LogP contribution in [0.25, 0.3) is 0 Å². The number of nitrogens with two attached hydrogens (primary N) is 1. The molecule has 1 rings (SSSR count). The molecule has 3 atom stereocenters. The second-order valence-corrected chi connectivity index (χ2v) is 6.24. The number of thioether (sulfide) groups is 1. The first-order valence-electron chi connectivity index (χ1n) is 5.73. The van der Waals surface area contributed by atoms with Gasteiger partial charge in [0.25, 0.3) is 0 Å². The smallest absolute Gasteiger partial charge is 0.225 e. The average Bonchev–Trinajstić information content (AvgIpc) is 2.24. The highest BCUT2D eigenvalue weighted by molar-refractivity contribution is 8.00. The van der Waals surface area contributed by atoms with E-state index >= 15 is 0 Å². The molecule has 94 valence electrons. The van der Waals surface area contributed by atoms with Crippen LogP contribution in [-0.4, -0.2) is 54.2 Å². The maximum absolute atomic E-state index is 12.0. The Morgan fingerprint density at radius 2 is 2.06 bits per heavy atom. The molecule has 1 aliphatic heterocycles. The molecule has 1 heterocycles. The number of carbonyl (C=O) groups is 1. The van der Waals surface area contributed by atoms with E-state index in [1.165, 1.54) is 0 Å². The Balaban J connectivity index is 2.46. The Morgan fingerprint density at radius 3 is 2.50 bits per heavy atom. The molecule has 1 saturated heterocycles. The van der Waals surface area contributed by atoms with Crippen molar-refractivity contribution in [1.82, 2.24) is 4.90 Å². The van der Waals surface area contributed by atoms with Gasteiger partial charge in [0.1, 0.15) is 0 Å². The van der Waals surface area contributed by atoms with Crippen LogP contribution in [0.4, 0.5) is 0 Å². The molecule has 0 bridgehead atoms. The molecule has 2 N–H and O–H groups in total. The fraction of sp³-hybridized carbons (Fsp3) is 0.909. The second-order valence-electron chi connectivity index (χ2n) is 4.35. The zero-order valence-corrected chi connectivity index (χ0v) is 11.1. The van der Waals surface area contributed by atoms with Gasteiger partial charge in [-0.15, -0.1) is 0 Å². The van der Waals surface area contributed by atoms with Crippen molar-refractivity contribution in [2.45, 2.75) is 36.9 Å². The van der Waals surface area contributed by atoms with Crippen molar-refractivity contribution >= 4 is 17.7 Å². The minimum atomic E-state index is -0.146. The van der Waals surface area contributed by atoms with Crippen molar-refractivity contribution in [1.29, 1.82) is 0 Å². The molecule has 0 aromatic rings. The quantitative estimate of drug-likeness (QED) is 0.793. The standard InChI is InChI=1S/C11H22N2O2S/c1-8-6-13(7-9(2)16-8)11(14)4-10(5-12)15-3/h8-10H,4-7,12H2,1-3H3. The average molecular weight is 246 g/mol. The maximum atomic E-state index is 12.0. The van der Waals surface area contributed by atoms with E-state index in [0.29, 0.717) is 23.5 Å². The Labute approximate surface area is 102 Å². The predicted octanol–water partition coefficient (Wildman–Crippen LogP) is 0.703. The molecule has 0 aliphatic carbocycles. The van der Waals surface area contributed by atoms with Gasteiger partial charge in [0, 0.05) is 37.2 Å². The molecule has 4 nitrogen and oxygen atoms in total. The van der Waals surface area contributed by atoms with Crippen LogP contribution in [0.5, 0.6) is 0 Å². The fourth-order valence-electron chi connectivity index (χ4n) is 1.97. The third-order valence-corrected chi connectivity index (χ3v) is 4.00. The van der Waals surface area contributed by atoms with Gasteiger partial charge in [0.2, 0.25) is 5.91 Å². The topological polar surface area (TPSA) is 55.6 Å². The number of hydrogen-bond donors (Lipinski definition) is 1. The van der Waals surface area contributed by atoms with E-state index in [1.807, 2.05) is 16.7 Å². The Morgan fingerprint density at radius 1 is 1.50 bits per heavy atom. The fourth-order valence-corrected chi connectivity index (χ4v) is 3.29. The third-order valence-electron chi connectivity index (χ3n) is 2.77. The van der Waals surface area contributed by atoms with Crippen LogP contribution in [0.3, 0.4) is 0 Å². The van der Waals surface area contributed by atoms with Gasteiger partial charge >= 0.3 is 0 Å². The van der Waals surface area contributed by atoms with Crippen molar-refractivity contribution in [3.63, 3.8) is 0 Å². The Bertz CT molecular complexity index is 224. The summed E-state index contributed by atoms with van der Waals surface area (Å²) in [7, 11) is 1.60. The molecule has 3 unspecified atom stereocenters. The zero-order chi connectivity index (χ0) is 12.1. The maximum Gasteiger partial charge on any atom is 0.225 e. The van der Waals surface area contributed by atoms with E-state index in [-0.39, 0.29) is 12.0 Å². The Kier molecular flexibility index (Phi) is 5.58. The van der Waals surface area contributed by atoms with Crippen LogP contribution in [0.15, 0.2) is 0 Å². The first-order chi connectivity index (χ1) is 7.56. The summed E-state index contributed by atoms with van der Waals surface area (Å²) in [5.74, 6) is 0.163. The molecule has 0 aromatic carbocycles. The lowest BCUT2D eigenvalue weighted by Gasteiger charge is -2.35. The summed E-state index contributed by atoms with van der Waals surface area (Å²) < 4.78 is 5.14. The van der Waals surface area contributed by atoms with E-state index in [4.69, 9.17) is 10.5 Å². The van der Waals surface area contributed by atoms with E-state index in [2.05, 4.69) is 13.8 Å². The lowest BCUT2D eigenvalue weighted by molar-refractivity contribution is -0.133. The Hall–Kier alpha value is -0.260. The first kappa shape index (κ1) is 13.8. The van der Waals surface area contributed by atoms with E-state index < -0.39 is 0 Å². The van der Waals surface area contributed by atoms with Gasteiger partial charge in [-0.3, -0.25) is 4.79 Å². The van der Waals surface area contributed by atoms with Crippen molar-refractivity contribution in [2.75, 3.05) is 26.7 Å². The van der Waals surface area contributed by atoms with Gasteiger partial charge in [-0.25, -0.2) is 0 Å². The van der Waals surface area contributed by atoms with Gasteiger partial charge in [0.15, 0.2) is 0 Å². The van der Waals surface area contributed by atoms with Crippen LogP contribution < -0.4 is 5.73 Å². The summed E-state index contributed by atoms with van der Waals surface area (Å²) in [6.07, 6.45) is 0.254. The van der Waals surface area contributed by atoms with Crippen LogP contribution in [0.1, 0.15) is 20.3 Å². The minimum Gasteiger partial charge on any atom is -0.380 e. The lowest BCUT2D eigenvalue weighted by atomic mass is 10.2. The number of carbonyl (C=O) groups excluding carboxylic acids is 1. The van der Waals surface area contributed by atoms with Crippen molar-refractivity contribution in [3.8, 4) is 0 Å². The van der Waals surface area contributed by atoms with E-state index in [0.717, 1.165) is 13.1 Å². The molecule has 0 radical (unpaired) electrons. The minimum absolute atomic E-state index is 0.146. The SMILES string of the molecule is COC(CN)CC(=O)N1CC(C)SC(C)C1. The molecule has 0 spiro atoms. The molecule has 1 fully saturated rings. The number of hydrogen-bond acceptors (Lipinski definition) is 4. The second kappa shape index (κ2) is 6.47. The van der Waals surface area contributed by atoms with Crippen LogP contribution in [0, 0.1) is 0 Å². The number of methoxy groups -OCH3 is 1. The molecule has 1 amide bonds. The van der Waals surface area contributed by atoms with Crippen LogP contribution in [0.2, 0.25) is 0 Å². The molecule has 0 saturated carbocycles. The highest BCUT2D eigenvalue weighted by Crippen LogP contribution is 2.25. The van der Waals surface area contributed by atoms with Crippen molar-refractivity contribution < 1.29 is 9.53 Å². The predicted molar refractivity (Wildman–Crippen MR) is 67.6 cm³/mol. The van der Waals surface area contributed by atoms with Crippen molar-refractivity contribution in [3.05, 3.63) is 0 Å². The van der Waals surface area contributed by atoms with Gasteiger partial charge in [0.05, 0.1) is 12.5 Å². The van der Waals surface area contributed by atoms with Gasteiger partial charge < -0.3 is 15.4 Å². The van der Waals surface area contributed by atoms with Gasteiger partial charge in [-0.2, -0.15) is 11.8 Å².